The standard InChI is InChI=1S/C17H24N4OS/c1-3-18-17(21-11-16-19-9-13(2)23-16)20-10-15(12-22)14-7-5-4-6-8-14/h4-9,15,22H,3,10-12H2,1-2H3,(H2,18,20,21). The summed E-state index contributed by atoms with van der Waals surface area (Å²) in [6.07, 6.45) is 1.87. The molecule has 1 atom stereocenters. The second-order valence-corrected chi connectivity index (χ2v) is 6.55. The Morgan fingerprint density at radius 2 is 2.09 bits per heavy atom. The van der Waals surface area contributed by atoms with Crippen LogP contribution in [0, 0.1) is 6.92 Å². The zero-order valence-corrected chi connectivity index (χ0v) is 14.4. The van der Waals surface area contributed by atoms with Crippen LogP contribution >= 0.6 is 11.3 Å². The SMILES string of the molecule is CCNC(=NCc1ncc(C)s1)NCC(CO)c1ccccc1. The van der Waals surface area contributed by atoms with Crippen molar-refractivity contribution in [2.24, 2.45) is 4.99 Å². The molecule has 2 aromatic rings. The molecule has 0 radical (unpaired) electrons. The van der Waals surface area contributed by atoms with E-state index in [0.717, 1.165) is 23.1 Å². The zero-order chi connectivity index (χ0) is 16.5. The number of nitrogens with zero attached hydrogens (tertiary/aromatic N) is 2. The molecule has 0 fully saturated rings. The third-order valence-corrected chi connectivity index (χ3v) is 4.29. The third-order valence-electron chi connectivity index (χ3n) is 3.39. The van der Waals surface area contributed by atoms with Crippen molar-refractivity contribution in [3.05, 3.63) is 52.0 Å². The molecule has 23 heavy (non-hydrogen) atoms. The van der Waals surface area contributed by atoms with E-state index < -0.39 is 0 Å². The second kappa shape index (κ2) is 9.27. The highest BCUT2D eigenvalue weighted by Crippen LogP contribution is 2.14. The van der Waals surface area contributed by atoms with E-state index >= 15 is 0 Å². The topological polar surface area (TPSA) is 69.5 Å². The van der Waals surface area contributed by atoms with E-state index in [0.29, 0.717) is 13.1 Å². The zero-order valence-electron chi connectivity index (χ0n) is 13.6. The Balaban J connectivity index is 1.95. The number of aryl methyl sites for hydroxylation is 1. The molecular weight excluding hydrogens is 308 g/mol. The molecule has 0 aliphatic carbocycles. The Morgan fingerprint density at radius 1 is 1.30 bits per heavy atom. The maximum absolute atomic E-state index is 9.62. The van der Waals surface area contributed by atoms with E-state index in [1.807, 2.05) is 50.4 Å². The summed E-state index contributed by atoms with van der Waals surface area (Å²) in [6.45, 7) is 6.15. The summed E-state index contributed by atoms with van der Waals surface area (Å²) in [4.78, 5) is 10.1. The molecule has 1 heterocycles. The minimum atomic E-state index is 0.0437. The van der Waals surface area contributed by atoms with Crippen molar-refractivity contribution >= 4 is 17.3 Å². The lowest BCUT2D eigenvalue weighted by Gasteiger charge is -2.17. The van der Waals surface area contributed by atoms with Gasteiger partial charge in [-0.3, -0.25) is 0 Å². The van der Waals surface area contributed by atoms with Crippen LogP contribution < -0.4 is 10.6 Å². The summed E-state index contributed by atoms with van der Waals surface area (Å²) in [7, 11) is 0. The number of guanidine groups is 1. The second-order valence-electron chi connectivity index (χ2n) is 5.23. The van der Waals surface area contributed by atoms with Gasteiger partial charge in [0.25, 0.3) is 0 Å². The first-order valence-corrected chi connectivity index (χ1v) is 8.63. The Kier molecular flexibility index (Phi) is 7.03. The van der Waals surface area contributed by atoms with Crippen molar-refractivity contribution in [2.45, 2.75) is 26.3 Å². The minimum absolute atomic E-state index is 0.0437. The molecule has 2 rings (SSSR count). The van der Waals surface area contributed by atoms with E-state index in [9.17, 15) is 5.11 Å². The number of hydrogen-bond acceptors (Lipinski definition) is 4. The largest absolute Gasteiger partial charge is 0.396 e. The number of aliphatic hydroxyl groups is 1. The number of aromatic nitrogens is 1. The molecule has 5 nitrogen and oxygen atoms in total. The van der Waals surface area contributed by atoms with Gasteiger partial charge in [0.05, 0.1) is 13.2 Å². The Morgan fingerprint density at radius 3 is 2.70 bits per heavy atom. The summed E-state index contributed by atoms with van der Waals surface area (Å²) < 4.78 is 0. The van der Waals surface area contributed by atoms with Crippen LogP contribution in [0.1, 0.15) is 28.3 Å². The van der Waals surface area contributed by atoms with Gasteiger partial charge in [-0.1, -0.05) is 30.3 Å². The smallest absolute Gasteiger partial charge is 0.191 e. The fraction of sp³-hybridized carbons (Fsp3) is 0.412. The fourth-order valence-corrected chi connectivity index (χ4v) is 2.91. The Labute approximate surface area is 141 Å². The molecule has 0 bridgehead atoms. The maximum atomic E-state index is 9.62. The van der Waals surface area contributed by atoms with Crippen LogP contribution in [0.15, 0.2) is 41.5 Å². The van der Waals surface area contributed by atoms with Gasteiger partial charge in [-0.2, -0.15) is 0 Å². The predicted molar refractivity (Wildman–Crippen MR) is 95.9 cm³/mol. The van der Waals surface area contributed by atoms with Crippen LogP contribution in [0.25, 0.3) is 0 Å². The number of aliphatic imine (C=N–C) groups is 1. The van der Waals surface area contributed by atoms with Crippen molar-refractivity contribution in [1.29, 1.82) is 0 Å². The molecule has 1 unspecified atom stereocenters. The van der Waals surface area contributed by atoms with Gasteiger partial charge < -0.3 is 15.7 Å². The summed E-state index contributed by atoms with van der Waals surface area (Å²) in [5.41, 5.74) is 1.12. The predicted octanol–water partition coefficient (Wildman–Crippen LogP) is 2.28. The highest BCUT2D eigenvalue weighted by atomic mass is 32.1. The number of hydrogen-bond donors (Lipinski definition) is 3. The van der Waals surface area contributed by atoms with Crippen LogP contribution in [-0.2, 0) is 6.54 Å². The molecule has 0 amide bonds. The average molecular weight is 332 g/mol. The lowest BCUT2D eigenvalue weighted by Crippen LogP contribution is -2.39. The van der Waals surface area contributed by atoms with Gasteiger partial charge in [0, 0.05) is 30.1 Å². The first-order valence-electron chi connectivity index (χ1n) is 7.82. The van der Waals surface area contributed by atoms with Crippen molar-refractivity contribution in [3.8, 4) is 0 Å². The number of thiazole rings is 1. The molecule has 0 spiro atoms. The fourth-order valence-electron chi connectivity index (χ4n) is 2.20. The first-order chi connectivity index (χ1) is 11.2. The first kappa shape index (κ1) is 17.4. The van der Waals surface area contributed by atoms with E-state index in [1.54, 1.807) is 11.3 Å². The van der Waals surface area contributed by atoms with Gasteiger partial charge in [0.15, 0.2) is 5.96 Å². The third kappa shape index (κ3) is 5.65. The molecule has 124 valence electrons. The van der Waals surface area contributed by atoms with Crippen molar-refractivity contribution in [2.75, 3.05) is 19.7 Å². The van der Waals surface area contributed by atoms with E-state index in [4.69, 9.17) is 0 Å². The van der Waals surface area contributed by atoms with Crippen LogP contribution in [0.4, 0.5) is 0 Å². The van der Waals surface area contributed by atoms with Crippen LogP contribution in [0.2, 0.25) is 0 Å². The highest BCUT2D eigenvalue weighted by Gasteiger charge is 2.10. The monoisotopic (exact) mass is 332 g/mol. The average Bonchev–Trinajstić information content (AvgIpc) is 2.99. The van der Waals surface area contributed by atoms with Crippen LogP contribution in [0.5, 0.6) is 0 Å². The Hall–Kier alpha value is -1.92. The van der Waals surface area contributed by atoms with Crippen molar-refractivity contribution in [3.63, 3.8) is 0 Å². The summed E-state index contributed by atoms with van der Waals surface area (Å²) in [5.74, 6) is 0.789. The number of rotatable bonds is 7. The van der Waals surface area contributed by atoms with Crippen molar-refractivity contribution in [1.82, 2.24) is 15.6 Å². The molecule has 1 aromatic heterocycles. The number of benzene rings is 1. The quantitative estimate of drug-likeness (QED) is 0.537. The molecular formula is C17H24N4OS. The summed E-state index contributed by atoms with van der Waals surface area (Å²) in [5, 5.41) is 17.2. The van der Waals surface area contributed by atoms with Crippen molar-refractivity contribution < 1.29 is 5.11 Å². The van der Waals surface area contributed by atoms with E-state index in [-0.39, 0.29) is 12.5 Å². The van der Waals surface area contributed by atoms with Gasteiger partial charge in [-0.15, -0.1) is 11.3 Å². The van der Waals surface area contributed by atoms with Gasteiger partial charge in [0.1, 0.15) is 5.01 Å². The number of nitrogens with one attached hydrogen (secondary N) is 2. The molecule has 0 aliphatic heterocycles. The molecule has 0 aliphatic rings. The minimum Gasteiger partial charge on any atom is -0.396 e. The molecule has 3 N–H and O–H groups in total. The highest BCUT2D eigenvalue weighted by molar-refractivity contribution is 7.11. The van der Waals surface area contributed by atoms with Gasteiger partial charge in [0.2, 0.25) is 0 Å². The summed E-state index contributed by atoms with van der Waals surface area (Å²) in [6, 6.07) is 10.0. The van der Waals surface area contributed by atoms with Gasteiger partial charge in [-0.05, 0) is 19.4 Å². The maximum Gasteiger partial charge on any atom is 0.191 e. The van der Waals surface area contributed by atoms with Crippen LogP contribution in [-0.4, -0.2) is 35.7 Å². The Bertz CT molecular complexity index is 612. The van der Waals surface area contributed by atoms with E-state index in [1.165, 1.54) is 4.88 Å². The molecule has 0 saturated heterocycles. The lowest BCUT2D eigenvalue weighted by atomic mass is 10.0. The van der Waals surface area contributed by atoms with Gasteiger partial charge in [-0.25, -0.2) is 9.98 Å². The van der Waals surface area contributed by atoms with Gasteiger partial charge >= 0.3 is 0 Å². The normalized spacial score (nSPS) is 12.9. The lowest BCUT2D eigenvalue weighted by molar-refractivity contribution is 0.265. The number of aliphatic hydroxyl groups excluding tert-OH is 1. The molecule has 6 heteroatoms. The molecule has 1 aromatic carbocycles. The van der Waals surface area contributed by atoms with E-state index in [2.05, 4.69) is 20.6 Å². The molecule has 0 saturated carbocycles. The van der Waals surface area contributed by atoms with Crippen LogP contribution in [0.3, 0.4) is 0 Å². The summed E-state index contributed by atoms with van der Waals surface area (Å²) >= 11 is 1.66.